The van der Waals surface area contributed by atoms with E-state index in [9.17, 15) is 10.2 Å². The summed E-state index contributed by atoms with van der Waals surface area (Å²) in [6, 6.07) is 14.1. The maximum Gasteiger partial charge on any atom is 0.231 e. The first-order valence-electron chi connectivity index (χ1n) is 8.33. The van der Waals surface area contributed by atoms with E-state index in [0.29, 0.717) is 32.8 Å². The fourth-order valence-corrected chi connectivity index (χ4v) is 4.01. The SMILES string of the molecule is Cc1ccc2nc(-c3cc(N=Cc4cc(Br)cc(Br)c4O)ccc3O)oc2c1. The second kappa shape index (κ2) is 7.41. The first-order chi connectivity index (χ1) is 13.4. The lowest BCUT2D eigenvalue weighted by Crippen LogP contribution is -1.85. The second-order valence-corrected chi connectivity index (χ2v) is 8.05. The molecule has 7 heteroatoms. The van der Waals surface area contributed by atoms with Gasteiger partial charge in [0.05, 0.1) is 15.7 Å². The van der Waals surface area contributed by atoms with Gasteiger partial charge in [-0.1, -0.05) is 22.0 Å². The summed E-state index contributed by atoms with van der Waals surface area (Å²) in [4.78, 5) is 8.86. The van der Waals surface area contributed by atoms with E-state index in [4.69, 9.17) is 4.42 Å². The van der Waals surface area contributed by atoms with Crippen LogP contribution in [0.1, 0.15) is 11.1 Å². The van der Waals surface area contributed by atoms with Gasteiger partial charge in [0.15, 0.2) is 5.58 Å². The highest BCUT2D eigenvalue weighted by atomic mass is 79.9. The number of fused-ring (bicyclic) bond motifs is 1. The van der Waals surface area contributed by atoms with E-state index in [1.165, 1.54) is 0 Å². The Morgan fingerprint density at radius 2 is 1.86 bits per heavy atom. The number of aliphatic imine (C=N–C) groups is 1. The summed E-state index contributed by atoms with van der Waals surface area (Å²) in [5.74, 6) is 0.471. The second-order valence-electron chi connectivity index (χ2n) is 6.28. The van der Waals surface area contributed by atoms with Crippen LogP contribution >= 0.6 is 31.9 Å². The molecule has 0 bridgehead atoms. The van der Waals surface area contributed by atoms with Crippen molar-refractivity contribution in [3.63, 3.8) is 0 Å². The van der Waals surface area contributed by atoms with E-state index in [-0.39, 0.29) is 11.5 Å². The fourth-order valence-electron chi connectivity index (χ4n) is 2.75. The molecule has 4 aromatic rings. The predicted molar refractivity (Wildman–Crippen MR) is 117 cm³/mol. The first kappa shape index (κ1) is 18.7. The van der Waals surface area contributed by atoms with Crippen LogP contribution in [0.5, 0.6) is 11.5 Å². The van der Waals surface area contributed by atoms with E-state index >= 15 is 0 Å². The van der Waals surface area contributed by atoms with E-state index in [0.717, 1.165) is 15.6 Å². The number of phenolic OH excluding ortho intramolecular Hbond substituents is 2. The number of oxazole rings is 1. The molecular weight excluding hydrogens is 488 g/mol. The highest BCUT2D eigenvalue weighted by Gasteiger charge is 2.13. The molecule has 0 saturated heterocycles. The molecule has 0 aliphatic carbocycles. The van der Waals surface area contributed by atoms with Crippen molar-refractivity contribution in [3.05, 3.63) is 68.6 Å². The number of hydrogen-bond acceptors (Lipinski definition) is 5. The molecule has 0 saturated carbocycles. The minimum absolute atomic E-state index is 0.0512. The molecule has 0 unspecified atom stereocenters. The minimum Gasteiger partial charge on any atom is -0.507 e. The van der Waals surface area contributed by atoms with Crippen LogP contribution in [0.25, 0.3) is 22.6 Å². The van der Waals surface area contributed by atoms with Crippen molar-refractivity contribution in [1.29, 1.82) is 0 Å². The Kier molecular flexibility index (Phi) is 4.95. The van der Waals surface area contributed by atoms with Crippen LogP contribution in [0.3, 0.4) is 0 Å². The van der Waals surface area contributed by atoms with Gasteiger partial charge in [-0.05, 0) is 70.9 Å². The molecule has 0 spiro atoms. The summed E-state index contributed by atoms with van der Waals surface area (Å²) < 4.78 is 7.19. The Balaban J connectivity index is 1.73. The standard InChI is InChI=1S/C21H14Br2N2O3/c1-11-2-4-17-19(6-11)28-21(25-17)15-9-14(3-5-18(15)26)24-10-12-7-13(22)8-16(23)20(12)27/h2-10,26-27H,1H3. The van der Waals surface area contributed by atoms with E-state index < -0.39 is 0 Å². The number of rotatable bonds is 3. The molecule has 2 N–H and O–H groups in total. The summed E-state index contributed by atoms with van der Waals surface area (Å²) in [7, 11) is 0. The third kappa shape index (κ3) is 3.68. The van der Waals surface area contributed by atoms with Crippen LogP contribution in [-0.2, 0) is 0 Å². The van der Waals surface area contributed by atoms with Crippen LogP contribution in [0.2, 0.25) is 0 Å². The molecule has 0 amide bonds. The average molecular weight is 502 g/mol. The molecule has 5 nitrogen and oxygen atoms in total. The monoisotopic (exact) mass is 500 g/mol. The van der Waals surface area contributed by atoms with Crippen molar-refractivity contribution < 1.29 is 14.6 Å². The minimum atomic E-state index is 0.0512. The number of aromatic hydroxyl groups is 2. The van der Waals surface area contributed by atoms with E-state index in [2.05, 4.69) is 41.8 Å². The van der Waals surface area contributed by atoms with Gasteiger partial charge in [-0.2, -0.15) is 0 Å². The highest BCUT2D eigenvalue weighted by Crippen LogP contribution is 2.35. The molecule has 3 aromatic carbocycles. The smallest absolute Gasteiger partial charge is 0.231 e. The number of benzene rings is 3. The van der Waals surface area contributed by atoms with Crippen LogP contribution < -0.4 is 0 Å². The maximum atomic E-state index is 10.3. The maximum absolute atomic E-state index is 10.3. The molecule has 28 heavy (non-hydrogen) atoms. The van der Waals surface area contributed by atoms with Crippen molar-refractivity contribution in [2.45, 2.75) is 6.92 Å². The lowest BCUT2D eigenvalue weighted by atomic mass is 10.1. The number of halogens is 2. The van der Waals surface area contributed by atoms with Crippen LogP contribution in [0.15, 0.2) is 66.9 Å². The van der Waals surface area contributed by atoms with Crippen LogP contribution in [0.4, 0.5) is 5.69 Å². The molecule has 0 aliphatic rings. The zero-order valence-electron chi connectivity index (χ0n) is 14.6. The van der Waals surface area contributed by atoms with Crippen molar-refractivity contribution in [3.8, 4) is 23.0 Å². The molecule has 0 aliphatic heterocycles. The van der Waals surface area contributed by atoms with Gasteiger partial charge in [0, 0.05) is 16.3 Å². The van der Waals surface area contributed by atoms with Gasteiger partial charge in [0.1, 0.15) is 17.0 Å². The van der Waals surface area contributed by atoms with Gasteiger partial charge in [0.2, 0.25) is 5.89 Å². The lowest BCUT2D eigenvalue weighted by Gasteiger charge is -2.04. The number of aryl methyl sites for hydroxylation is 1. The quantitative estimate of drug-likeness (QED) is 0.314. The molecule has 0 radical (unpaired) electrons. The van der Waals surface area contributed by atoms with Gasteiger partial charge in [-0.25, -0.2) is 4.98 Å². The van der Waals surface area contributed by atoms with Gasteiger partial charge in [-0.3, -0.25) is 4.99 Å². The lowest BCUT2D eigenvalue weighted by molar-refractivity contribution is 0.471. The van der Waals surface area contributed by atoms with Crippen molar-refractivity contribution in [2.24, 2.45) is 4.99 Å². The molecular formula is C21H14Br2N2O3. The normalized spacial score (nSPS) is 11.5. The summed E-state index contributed by atoms with van der Waals surface area (Å²) in [6.45, 7) is 1.98. The van der Waals surface area contributed by atoms with Gasteiger partial charge in [0.25, 0.3) is 0 Å². The number of aromatic nitrogens is 1. The van der Waals surface area contributed by atoms with Crippen molar-refractivity contribution in [2.75, 3.05) is 0 Å². The van der Waals surface area contributed by atoms with Gasteiger partial charge >= 0.3 is 0 Å². The molecule has 1 heterocycles. The molecule has 0 fully saturated rings. The Labute approximate surface area is 177 Å². The number of nitrogens with zero attached hydrogens (tertiary/aromatic N) is 2. The van der Waals surface area contributed by atoms with Gasteiger partial charge < -0.3 is 14.6 Å². The first-order valence-corrected chi connectivity index (χ1v) is 9.92. The number of hydrogen-bond donors (Lipinski definition) is 2. The molecule has 140 valence electrons. The van der Waals surface area contributed by atoms with E-state index in [1.807, 2.05) is 25.1 Å². The fraction of sp³-hybridized carbons (Fsp3) is 0.0476. The summed E-state index contributed by atoms with van der Waals surface area (Å²) >= 11 is 6.69. The zero-order chi connectivity index (χ0) is 19.8. The van der Waals surface area contributed by atoms with Crippen LogP contribution in [0, 0.1) is 6.92 Å². The summed E-state index contributed by atoms with van der Waals surface area (Å²) in [5, 5.41) is 20.4. The van der Waals surface area contributed by atoms with E-state index in [1.54, 1.807) is 36.5 Å². The number of phenols is 2. The Morgan fingerprint density at radius 3 is 2.68 bits per heavy atom. The van der Waals surface area contributed by atoms with Crippen molar-refractivity contribution in [1.82, 2.24) is 4.98 Å². The van der Waals surface area contributed by atoms with Crippen LogP contribution in [-0.4, -0.2) is 21.4 Å². The zero-order valence-corrected chi connectivity index (χ0v) is 17.8. The third-order valence-corrected chi connectivity index (χ3v) is 5.23. The summed E-state index contributed by atoms with van der Waals surface area (Å²) in [5.41, 5.74) is 4.03. The molecule has 1 aromatic heterocycles. The summed E-state index contributed by atoms with van der Waals surface area (Å²) in [6.07, 6.45) is 1.55. The third-order valence-electron chi connectivity index (χ3n) is 4.16. The van der Waals surface area contributed by atoms with Gasteiger partial charge in [-0.15, -0.1) is 0 Å². The largest absolute Gasteiger partial charge is 0.507 e. The van der Waals surface area contributed by atoms with Crippen molar-refractivity contribution >= 4 is 54.9 Å². The topological polar surface area (TPSA) is 78.9 Å². The molecule has 4 rings (SSSR count). The Hall–Kier alpha value is -2.64. The highest BCUT2D eigenvalue weighted by molar-refractivity contribution is 9.11. The predicted octanol–water partition coefficient (Wildman–Crippen LogP) is 6.49. The average Bonchev–Trinajstić information content (AvgIpc) is 3.07. The Bertz CT molecular complexity index is 1230. The Morgan fingerprint density at radius 1 is 1.04 bits per heavy atom. The molecule has 0 atom stereocenters.